The van der Waals surface area contributed by atoms with Gasteiger partial charge in [0.1, 0.15) is 0 Å². The van der Waals surface area contributed by atoms with Crippen LogP contribution in [0.15, 0.2) is 0 Å². The van der Waals surface area contributed by atoms with Crippen LogP contribution in [0.2, 0.25) is 0 Å². The molecule has 6 heteroatoms. The molecule has 2 N–H and O–H groups in total. The molecule has 1 heterocycles. The van der Waals surface area contributed by atoms with Gasteiger partial charge in [-0.15, -0.1) is 0 Å². The van der Waals surface area contributed by atoms with Crippen molar-refractivity contribution in [3.05, 3.63) is 0 Å². The third-order valence-corrected chi connectivity index (χ3v) is 2.54. The average molecular weight is 224 g/mol. The van der Waals surface area contributed by atoms with E-state index in [9.17, 15) is 18.0 Å². The number of carbonyl (C=O) groups is 1. The van der Waals surface area contributed by atoms with Crippen LogP contribution in [0.4, 0.5) is 13.2 Å². The smallest absolute Gasteiger partial charge is 0.341 e. The number of carbonyl (C=O) groups excluding carboxylic acids is 1. The predicted molar refractivity (Wildman–Crippen MR) is 49.1 cm³/mol. The van der Waals surface area contributed by atoms with Crippen molar-refractivity contribution in [3.63, 3.8) is 0 Å². The summed E-state index contributed by atoms with van der Waals surface area (Å²) in [6.45, 7) is 0.783. The first-order valence-corrected chi connectivity index (χ1v) is 5.04. The summed E-state index contributed by atoms with van der Waals surface area (Å²) < 4.78 is 36.6. The molecular weight excluding hydrogens is 209 g/mol. The van der Waals surface area contributed by atoms with Crippen LogP contribution in [0.25, 0.3) is 0 Å². The average Bonchev–Trinajstić information content (AvgIpc) is 2.42. The van der Waals surface area contributed by atoms with E-state index in [1.807, 2.05) is 0 Å². The van der Waals surface area contributed by atoms with Gasteiger partial charge in [0.15, 0.2) is 6.04 Å². The van der Waals surface area contributed by atoms with Gasteiger partial charge in [-0.3, -0.25) is 4.79 Å². The molecule has 0 bridgehead atoms. The maximum atomic E-state index is 12.2. The molecule has 0 radical (unpaired) electrons. The molecular formula is C9H15F3N2O. The van der Waals surface area contributed by atoms with Gasteiger partial charge in [0, 0.05) is 13.1 Å². The molecule has 88 valence electrons. The van der Waals surface area contributed by atoms with Crippen LogP contribution in [-0.4, -0.2) is 36.1 Å². The zero-order valence-electron chi connectivity index (χ0n) is 8.39. The summed E-state index contributed by atoms with van der Waals surface area (Å²) in [5.74, 6) is -0.996. The minimum absolute atomic E-state index is 0.391. The first-order chi connectivity index (χ1) is 6.93. The van der Waals surface area contributed by atoms with Crippen molar-refractivity contribution in [2.45, 2.75) is 37.9 Å². The molecule has 1 atom stereocenters. The standard InChI is InChI=1S/C9H15F3N2O/c10-9(11,12)7(13)8(15)14-5-3-1-2-4-6-14/h7H,1-6,13H2. The summed E-state index contributed by atoms with van der Waals surface area (Å²) in [5, 5.41) is 0. The number of rotatable bonds is 1. The molecule has 0 aliphatic carbocycles. The third-order valence-electron chi connectivity index (χ3n) is 2.54. The summed E-state index contributed by atoms with van der Waals surface area (Å²) in [6.07, 6.45) is -1.19. The highest BCUT2D eigenvalue weighted by Gasteiger charge is 2.43. The van der Waals surface area contributed by atoms with E-state index < -0.39 is 18.1 Å². The lowest BCUT2D eigenvalue weighted by Gasteiger charge is -2.25. The van der Waals surface area contributed by atoms with Gasteiger partial charge in [0.05, 0.1) is 0 Å². The second-order valence-corrected chi connectivity index (χ2v) is 3.76. The van der Waals surface area contributed by atoms with Gasteiger partial charge < -0.3 is 10.6 Å². The summed E-state index contributed by atoms with van der Waals surface area (Å²) >= 11 is 0. The van der Waals surface area contributed by atoms with Gasteiger partial charge >= 0.3 is 6.18 Å². The minimum atomic E-state index is -4.64. The van der Waals surface area contributed by atoms with Gasteiger partial charge in [-0.1, -0.05) is 12.8 Å². The maximum absolute atomic E-state index is 12.2. The van der Waals surface area contributed by atoms with Crippen molar-refractivity contribution in [3.8, 4) is 0 Å². The van der Waals surface area contributed by atoms with E-state index in [-0.39, 0.29) is 0 Å². The Hall–Kier alpha value is -0.780. The topological polar surface area (TPSA) is 46.3 Å². The molecule has 1 saturated heterocycles. The van der Waals surface area contributed by atoms with E-state index in [0.29, 0.717) is 13.1 Å². The summed E-state index contributed by atoms with van der Waals surface area (Å²) in [6, 6.07) is -2.37. The highest BCUT2D eigenvalue weighted by Crippen LogP contribution is 2.21. The quantitative estimate of drug-likeness (QED) is 0.729. The molecule has 0 aromatic rings. The molecule has 15 heavy (non-hydrogen) atoms. The fourth-order valence-corrected chi connectivity index (χ4v) is 1.63. The Bertz CT molecular complexity index is 222. The number of amides is 1. The van der Waals surface area contributed by atoms with Crippen LogP contribution in [-0.2, 0) is 4.79 Å². The highest BCUT2D eigenvalue weighted by atomic mass is 19.4. The van der Waals surface area contributed by atoms with Crippen molar-refractivity contribution in [1.29, 1.82) is 0 Å². The van der Waals surface area contributed by atoms with Crippen molar-refractivity contribution in [2.24, 2.45) is 5.73 Å². The summed E-state index contributed by atoms with van der Waals surface area (Å²) in [7, 11) is 0. The molecule has 1 rings (SSSR count). The van der Waals surface area contributed by atoms with E-state index in [4.69, 9.17) is 5.73 Å². The van der Waals surface area contributed by atoms with E-state index in [0.717, 1.165) is 25.7 Å². The first kappa shape index (κ1) is 12.3. The largest absolute Gasteiger partial charge is 0.412 e. The summed E-state index contributed by atoms with van der Waals surface area (Å²) in [5.41, 5.74) is 4.86. The lowest BCUT2D eigenvalue weighted by Crippen LogP contribution is -2.52. The predicted octanol–water partition coefficient (Wildman–Crippen LogP) is 1.28. The van der Waals surface area contributed by atoms with Crippen molar-refractivity contribution < 1.29 is 18.0 Å². The minimum Gasteiger partial charge on any atom is -0.341 e. The molecule has 1 amide bonds. The van der Waals surface area contributed by atoms with Gasteiger partial charge in [0.25, 0.3) is 0 Å². The number of hydrogen-bond donors (Lipinski definition) is 1. The normalized spacial score (nSPS) is 20.9. The number of alkyl halides is 3. The molecule has 0 aromatic heterocycles. The molecule has 0 aromatic carbocycles. The van der Waals surface area contributed by atoms with Crippen LogP contribution >= 0.6 is 0 Å². The van der Waals surface area contributed by atoms with Crippen LogP contribution in [0.5, 0.6) is 0 Å². The number of hydrogen-bond acceptors (Lipinski definition) is 2. The third kappa shape index (κ3) is 3.37. The van der Waals surface area contributed by atoms with Crippen molar-refractivity contribution >= 4 is 5.91 Å². The Kier molecular flexibility index (Phi) is 3.96. The molecule has 0 spiro atoms. The lowest BCUT2D eigenvalue weighted by atomic mass is 10.2. The second-order valence-electron chi connectivity index (χ2n) is 3.76. The molecule has 1 aliphatic rings. The number of likely N-dealkylation sites (tertiary alicyclic amines) is 1. The van der Waals surface area contributed by atoms with Crippen LogP contribution in [0, 0.1) is 0 Å². The fraction of sp³-hybridized carbons (Fsp3) is 0.889. The van der Waals surface area contributed by atoms with E-state index in [1.165, 1.54) is 4.90 Å². The van der Waals surface area contributed by atoms with Gasteiger partial charge in [0.2, 0.25) is 5.91 Å². The molecule has 1 aliphatic heterocycles. The monoisotopic (exact) mass is 224 g/mol. The Labute approximate surface area is 86.4 Å². The maximum Gasteiger partial charge on any atom is 0.412 e. The van der Waals surface area contributed by atoms with E-state index >= 15 is 0 Å². The van der Waals surface area contributed by atoms with Gasteiger partial charge in [-0.25, -0.2) is 0 Å². The van der Waals surface area contributed by atoms with E-state index in [2.05, 4.69) is 0 Å². The number of nitrogens with zero attached hydrogens (tertiary/aromatic N) is 1. The number of halogens is 3. The lowest BCUT2D eigenvalue weighted by molar-refractivity contribution is -0.169. The second kappa shape index (κ2) is 4.83. The van der Waals surface area contributed by atoms with Crippen LogP contribution in [0.1, 0.15) is 25.7 Å². The fourth-order valence-electron chi connectivity index (χ4n) is 1.63. The van der Waals surface area contributed by atoms with Crippen LogP contribution in [0.3, 0.4) is 0 Å². The Balaban J connectivity index is 2.58. The highest BCUT2D eigenvalue weighted by molar-refractivity contribution is 5.82. The van der Waals surface area contributed by atoms with Crippen molar-refractivity contribution in [1.82, 2.24) is 4.90 Å². The first-order valence-electron chi connectivity index (χ1n) is 5.04. The van der Waals surface area contributed by atoms with Gasteiger partial charge in [-0.2, -0.15) is 13.2 Å². The van der Waals surface area contributed by atoms with Crippen LogP contribution < -0.4 is 5.73 Å². The molecule has 1 fully saturated rings. The van der Waals surface area contributed by atoms with E-state index in [1.54, 1.807) is 0 Å². The SMILES string of the molecule is NC(C(=O)N1CCCCCC1)C(F)(F)F. The zero-order valence-corrected chi connectivity index (χ0v) is 8.39. The Morgan fingerprint density at radius 1 is 1.13 bits per heavy atom. The zero-order chi connectivity index (χ0) is 11.5. The molecule has 0 saturated carbocycles. The Morgan fingerprint density at radius 2 is 1.60 bits per heavy atom. The van der Waals surface area contributed by atoms with Gasteiger partial charge in [-0.05, 0) is 12.8 Å². The molecule has 3 nitrogen and oxygen atoms in total. The summed E-state index contributed by atoms with van der Waals surface area (Å²) in [4.78, 5) is 12.6. The van der Waals surface area contributed by atoms with Crippen molar-refractivity contribution in [2.75, 3.05) is 13.1 Å². The molecule has 1 unspecified atom stereocenters. The Morgan fingerprint density at radius 3 is 2.00 bits per heavy atom. The number of nitrogens with two attached hydrogens (primary N) is 1.